The summed E-state index contributed by atoms with van der Waals surface area (Å²) >= 11 is 0. The van der Waals surface area contributed by atoms with E-state index in [2.05, 4.69) is 17.1 Å². The fourth-order valence-electron chi connectivity index (χ4n) is 1.31. The van der Waals surface area contributed by atoms with Crippen LogP contribution in [0.2, 0.25) is 0 Å². The molecule has 0 saturated carbocycles. The lowest BCUT2D eigenvalue weighted by Gasteiger charge is -2.11. The van der Waals surface area contributed by atoms with Crippen LogP contribution in [0.5, 0.6) is 0 Å². The van der Waals surface area contributed by atoms with Crippen molar-refractivity contribution in [3.8, 4) is 0 Å². The van der Waals surface area contributed by atoms with Crippen LogP contribution in [0, 0.1) is 0 Å². The lowest BCUT2D eigenvalue weighted by atomic mass is 10.2. The van der Waals surface area contributed by atoms with Gasteiger partial charge in [-0.1, -0.05) is 18.5 Å². The normalized spacial score (nSPS) is 15.2. The average Bonchev–Trinajstić information content (AvgIpc) is 2.66. The Kier molecular flexibility index (Phi) is 4.71. The Balaban J connectivity index is 2.72. The number of ether oxygens (including phenoxy) is 1. The van der Waals surface area contributed by atoms with E-state index < -0.39 is 0 Å². The van der Waals surface area contributed by atoms with Crippen molar-refractivity contribution in [3.05, 3.63) is 11.7 Å². The maximum absolute atomic E-state index is 5.64. The first-order valence-electron chi connectivity index (χ1n) is 5.39. The molecule has 15 heavy (non-hydrogen) atoms. The van der Waals surface area contributed by atoms with Crippen molar-refractivity contribution in [2.24, 2.45) is 5.73 Å². The lowest BCUT2D eigenvalue weighted by Crippen LogP contribution is -2.08. The molecule has 2 atom stereocenters. The zero-order valence-corrected chi connectivity index (χ0v) is 9.56. The van der Waals surface area contributed by atoms with E-state index in [-0.39, 0.29) is 12.1 Å². The molecule has 0 radical (unpaired) electrons. The molecule has 0 bridgehead atoms. The molecule has 0 saturated heterocycles. The van der Waals surface area contributed by atoms with Gasteiger partial charge in [0.2, 0.25) is 11.7 Å². The van der Waals surface area contributed by atoms with Crippen molar-refractivity contribution in [2.75, 3.05) is 6.61 Å². The highest BCUT2D eigenvalue weighted by atomic mass is 16.5. The minimum Gasteiger partial charge on any atom is -0.370 e. The number of hydrogen-bond donors (Lipinski definition) is 1. The fraction of sp³-hybridized carbons (Fsp3) is 0.800. The van der Waals surface area contributed by atoms with E-state index in [4.69, 9.17) is 15.0 Å². The molecule has 1 rings (SSSR count). The maximum Gasteiger partial charge on any atom is 0.243 e. The van der Waals surface area contributed by atoms with Crippen molar-refractivity contribution in [3.63, 3.8) is 0 Å². The first-order valence-corrected chi connectivity index (χ1v) is 5.39. The summed E-state index contributed by atoms with van der Waals surface area (Å²) < 4.78 is 10.6. The van der Waals surface area contributed by atoms with Crippen molar-refractivity contribution < 1.29 is 9.26 Å². The van der Waals surface area contributed by atoms with Crippen LogP contribution >= 0.6 is 0 Å². The summed E-state index contributed by atoms with van der Waals surface area (Å²) in [6.07, 6.45) is 1.84. The zero-order chi connectivity index (χ0) is 11.3. The number of aromatic nitrogens is 2. The first-order chi connectivity index (χ1) is 7.19. The van der Waals surface area contributed by atoms with Crippen LogP contribution in [0.15, 0.2) is 4.52 Å². The summed E-state index contributed by atoms with van der Waals surface area (Å²) in [5.74, 6) is 1.07. The second-order valence-corrected chi connectivity index (χ2v) is 3.51. The van der Waals surface area contributed by atoms with Gasteiger partial charge in [-0.05, 0) is 20.3 Å². The van der Waals surface area contributed by atoms with Crippen LogP contribution in [0.4, 0.5) is 0 Å². The van der Waals surface area contributed by atoms with Crippen LogP contribution in [0.25, 0.3) is 0 Å². The van der Waals surface area contributed by atoms with E-state index >= 15 is 0 Å². The van der Waals surface area contributed by atoms with Gasteiger partial charge in [-0.25, -0.2) is 0 Å². The highest BCUT2D eigenvalue weighted by molar-refractivity contribution is 4.94. The van der Waals surface area contributed by atoms with Crippen molar-refractivity contribution in [1.29, 1.82) is 0 Å². The molecule has 86 valence electrons. The summed E-state index contributed by atoms with van der Waals surface area (Å²) in [6.45, 7) is 6.51. The van der Waals surface area contributed by atoms with Gasteiger partial charge in [0, 0.05) is 6.61 Å². The molecule has 0 aromatic carbocycles. The number of nitrogens with zero attached hydrogens (tertiary/aromatic N) is 2. The highest BCUT2D eigenvalue weighted by Crippen LogP contribution is 2.20. The van der Waals surface area contributed by atoms with Crippen LogP contribution in [0.3, 0.4) is 0 Å². The molecule has 0 amide bonds. The van der Waals surface area contributed by atoms with E-state index in [0.29, 0.717) is 18.3 Å². The standard InChI is InChI=1S/C10H19N3O2/c1-4-6-8(14-5-2)9-12-10(7(3)11)15-13-9/h7-8H,4-6,11H2,1-3H3/t7-,8?/m1/s1. The van der Waals surface area contributed by atoms with E-state index in [1.165, 1.54) is 0 Å². The SMILES string of the molecule is CCCC(OCC)c1noc([C@@H](C)N)n1. The molecule has 0 spiro atoms. The van der Waals surface area contributed by atoms with Gasteiger partial charge in [-0.2, -0.15) is 4.98 Å². The van der Waals surface area contributed by atoms with Crippen LogP contribution in [-0.2, 0) is 4.74 Å². The van der Waals surface area contributed by atoms with Crippen LogP contribution < -0.4 is 5.73 Å². The first kappa shape index (κ1) is 12.1. The molecule has 5 nitrogen and oxygen atoms in total. The molecule has 2 N–H and O–H groups in total. The Morgan fingerprint density at radius 2 is 2.20 bits per heavy atom. The molecule has 1 aromatic heterocycles. The molecule has 0 aliphatic rings. The molecule has 1 unspecified atom stereocenters. The Hall–Kier alpha value is -0.940. The number of nitrogens with two attached hydrogens (primary N) is 1. The average molecular weight is 213 g/mol. The second-order valence-electron chi connectivity index (χ2n) is 3.51. The van der Waals surface area contributed by atoms with Crippen molar-refractivity contribution >= 4 is 0 Å². The predicted octanol–water partition coefficient (Wildman–Crippen LogP) is 1.97. The van der Waals surface area contributed by atoms with Gasteiger partial charge >= 0.3 is 0 Å². The lowest BCUT2D eigenvalue weighted by molar-refractivity contribution is 0.0477. The number of rotatable bonds is 6. The van der Waals surface area contributed by atoms with E-state index in [1.54, 1.807) is 0 Å². The molecule has 5 heteroatoms. The molecule has 0 aliphatic carbocycles. The van der Waals surface area contributed by atoms with Gasteiger partial charge < -0.3 is 15.0 Å². The van der Waals surface area contributed by atoms with Crippen molar-refractivity contribution in [2.45, 2.75) is 45.8 Å². The van der Waals surface area contributed by atoms with Crippen LogP contribution in [0.1, 0.15) is 57.5 Å². The Morgan fingerprint density at radius 1 is 1.47 bits per heavy atom. The Morgan fingerprint density at radius 3 is 2.67 bits per heavy atom. The second kappa shape index (κ2) is 5.82. The molecular formula is C10H19N3O2. The topological polar surface area (TPSA) is 74.2 Å². The van der Waals surface area contributed by atoms with Gasteiger partial charge in [-0.15, -0.1) is 0 Å². The zero-order valence-electron chi connectivity index (χ0n) is 9.56. The molecule has 1 heterocycles. The van der Waals surface area contributed by atoms with Gasteiger partial charge in [0.1, 0.15) is 6.10 Å². The van der Waals surface area contributed by atoms with Gasteiger partial charge in [0.25, 0.3) is 0 Å². The largest absolute Gasteiger partial charge is 0.370 e. The van der Waals surface area contributed by atoms with Crippen LogP contribution in [-0.4, -0.2) is 16.7 Å². The van der Waals surface area contributed by atoms with Gasteiger partial charge in [0.15, 0.2) is 0 Å². The Labute approximate surface area is 90.0 Å². The quantitative estimate of drug-likeness (QED) is 0.782. The highest BCUT2D eigenvalue weighted by Gasteiger charge is 2.18. The molecule has 0 aliphatic heterocycles. The Bertz CT molecular complexity index is 280. The summed E-state index contributed by atoms with van der Waals surface area (Å²) in [4.78, 5) is 4.22. The minimum absolute atomic E-state index is 0.0729. The predicted molar refractivity (Wildman–Crippen MR) is 56.2 cm³/mol. The fourth-order valence-corrected chi connectivity index (χ4v) is 1.31. The third kappa shape index (κ3) is 3.28. The summed E-state index contributed by atoms with van der Waals surface area (Å²) in [5, 5.41) is 3.88. The van der Waals surface area contributed by atoms with E-state index in [1.807, 2.05) is 13.8 Å². The third-order valence-corrected chi connectivity index (χ3v) is 2.05. The molecular weight excluding hydrogens is 194 g/mol. The van der Waals surface area contributed by atoms with E-state index in [0.717, 1.165) is 12.8 Å². The monoisotopic (exact) mass is 213 g/mol. The van der Waals surface area contributed by atoms with E-state index in [9.17, 15) is 0 Å². The number of hydrogen-bond acceptors (Lipinski definition) is 5. The van der Waals surface area contributed by atoms with Gasteiger partial charge in [0.05, 0.1) is 6.04 Å². The summed E-state index contributed by atoms with van der Waals surface area (Å²) in [6, 6.07) is -0.227. The summed E-state index contributed by atoms with van der Waals surface area (Å²) in [7, 11) is 0. The van der Waals surface area contributed by atoms with Crippen molar-refractivity contribution in [1.82, 2.24) is 10.1 Å². The smallest absolute Gasteiger partial charge is 0.243 e. The molecule has 1 aromatic rings. The molecule has 0 fully saturated rings. The third-order valence-electron chi connectivity index (χ3n) is 2.05. The maximum atomic E-state index is 5.64. The summed E-state index contributed by atoms with van der Waals surface area (Å²) in [5.41, 5.74) is 5.64. The van der Waals surface area contributed by atoms with Gasteiger partial charge in [-0.3, -0.25) is 0 Å². The minimum atomic E-state index is -0.227.